The van der Waals surface area contributed by atoms with Gasteiger partial charge < -0.3 is 14.8 Å². The van der Waals surface area contributed by atoms with E-state index in [1.54, 1.807) is 19.2 Å². The van der Waals surface area contributed by atoms with Gasteiger partial charge in [-0.25, -0.2) is 0 Å². The molecule has 25 heavy (non-hydrogen) atoms. The van der Waals surface area contributed by atoms with Gasteiger partial charge in [-0.15, -0.1) is 0 Å². The number of hydrogen-bond donors (Lipinski definition) is 3. The number of aromatic nitrogens is 1. The number of rotatable bonds is 3. The molecule has 0 spiro atoms. The quantitative estimate of drug-likeness (QED) is 0.684. The van der Waals surface area contributed by atoms with E-state index in [-0.39, 0.29) is 17.7 Å². The van der Waals surface area contributed by atoms with Gasteiger partial charge in [0.05, 0.1) is 12.3 Å². The van der Waals surface area contributed by atoms with Gasteiger partial charge in [-0.1, -0.05) is 12.1 Å². The summed E-state index contributed by atoms with van der Waals surface area (Å²) in [5.74, 6) is -0.428. The summed E-state index contributed by atoms with van der Waals surface area (Å²) >= 11 is 0. The molecule has 128 valence electrons. The van der Waals surface area contributed by atoms with Crippen LogP contribution >= 0.6 is 0 Å². The average molecular weight is 337 g/mol. The fourth-order valence-corrected chi connectivity index (χ4v) is 2.65. The molecule has 2 aromatic heterocycles. The summed E-state index contributed by atoms with van der Waals surface area (Å²) < 4.78 is 5.51. The Balaban J connectivity index is 2.09. The van der Waals surface area contributed by atoms with Crippen LogP contribution in [0.3, 0.4) is 0 Å². The zero-order valence-corrected chi connectivity index (χ0v) is 14.3. The lowest BCUT2D eigenvalue weighted by atomic mass is 10.1. The van der Waals surface area contributed by atoms with E-state index in [1.807, 2.05) is 32.0 Å². The zero-order valence-electron chi connectivity index (χ0n) is 14.3. The number of hydrogen-bond acceptors (Lipinski definition) is 5. The molecule has 0 fully saturated rings. The summed E-state index contributed by atoms with van der Waals surface area (Å²) in [7, 11) is 0. The Morgan fingerprint density at radius 2 is 2.04 bits per heavy atom. The highest BCUT2D eigenvalue weighted by Crippen LogP contribution is 2.22. The van der Waals surface area contributed by atoms with Crippen molar-refractivity contribution in [3.05, 3.63) is 64.0 Å². The van der Waals surface area contributed by atoms with Crippen molar-refractivity contribution in [2.45, 2.75) is 27.4 Å². The third-order valence-corrected chi connectivity index (χ3v) is 4.13. The van der Waals surface area contributed by atoms with Gasteiger partial charge in [0.2, 0.25) is 5.55 Å². The summed E-state index contributed by atoms with van der Waals surface area (Å²) in [6, 6.07) is 7.34. The van der Waals surface area contributed by atoms with Gasteiger partial charge in [-0.05, 0) is 44.0 Å². The molecule has 6 nitrogen and oxygen atoms in total. The van der Waals surface area contributed by atoms with Crippen LogP contribution < -0.4 is 10.9 Å². The van der Waals surface area contributed by atoms with Crippen molar-refractivity contribution >= 4 is 22.6 Å². The molecule has 3 N–H and O–H groups in total. The standard InChI is InChI=1S/C19H19N3O3/c1-10-4-5-11(2)16(6-10)22-19(24)15-7-14-13(9-23)8-21-12(3)17(14)25-18(15)20/h4-8,20,23H,9H2,1-3H3,(H,22,24). The number of nitrogens with one attached hydrogen (secondary N) is 2. The first-order valence-corrected chi connectivity index (χ1v) is 7.87. The molecule has 0 saturated carbocycles. The van der Waals surface area contributed by atoms with Crippen molar-refractivity contribution in [1.82, 2.24) is 4.98 Å². The van der Waals surface area contributed by atoms with Gasteiger partial charge in [-0.2, -0.15) is 0 Å². The second kappa shape index (κ2) is 6.49. The van der Waals surface area contributed by atoms with E-state index in [0.29, 0.717) is 27.9 Å². The smallest absolute Gasteiger partial charge is 0.261 e. The number of fused-ring (bicyclic) bond motifs is 1. The Bertz CT molecular complexity index is 1040. The monoisotopic (exact) mass is 337 g/mol. The number of aliphatic hydroxyl groups is 1. The average Bonchev–Trinajstić information content (AvgIpc) is 2.58. The molecule has 0 aliphatic carbocycles. The molecule has 6 heteroatoms. The first-order valence-electron chi connectivity index (χ1n) is 7.87. The van der Waals surface area contributed by atoms with Crippen molar-refractivity contribution < 1.29 is 14.3 Å². The topological polar surface area (TPSA) is 99.2 Å². The number of aliphatic hydroxyl groups excluding tert-OH is 1. The summed E-state index contributed by atoms with van der Waals surface area (Å²) in [6.45, 7) is 5.37. The Morgan fingerprint density at radius 3 is 2.76 bits per heavy atom. The first kappa shape index (κ1) is 16.9. The van der Waals surface area contributed by atoms with Gasteiger partial charge in [0.15, 0.2) is 5.58 Å². The van der Waals surface area contributed by atoms with E-state index >= 15 is 0 Å². The number of anilines is 1. The molecule has 0 aliphatic rings. The number of aryl methyl sites for hydroxylation is 3. The molecule has 0 atom stereocenters. The number of benzene rings is 1. The fraction of sp³-hybridized carbons (Fsp3) is 0.211. The number of nitrogens with zero attached hydrogens (tertiary/aromatic N) is 1. The third-order valence-electron chi connectivity index (χ3n) is 4.13. The number of pyridine rings is 1. The van der Waals surface area contributed by atoms with E-state index in [1.165, 1.54) is 0 Å². The second-order valence-corrected chi connectivity index (χ2v) is 6.03. The summed E-state index contributed by atoms with van der Waals surface area (Å²) in [5.41, 5.74) is 4.06. The normalized spacial score (nSPS) is 10.9. The maximum atomic E-state index is 12.7. The SMILES string of the molecule is Cc1ccc(C)c(NC(=O)c2cc3c(CO)cnc(C)c3oc2=N)c1. The highest BCUT2D eigenvalue weighted by atomic mass is 16.3. The van der Waals surface area contributed by atoms with Crippen molar-refractivity contribution in [2.75, 3.05) is 5.32 Å². The molecule has 1 amide bonds. The number of carbonyl (C=O) groups excluding carboxylic acids is 1. The Labute approximate surface area is 144 Å². The second-order valence-electron chi connectivity index (χ2n) is 6.03. The largest absolute Gasteiger partial charge is 0.436 e. The van der Waals surface area contributed by atoms with Crippen LogP contribution in [0.2, 0.25) is 0 Å². The lowest BCUT2D eigenvalue weighted by Gasteiger charge is -2.11. The molecular weight excluding hydrogens is 318 g/mol. The molecule has 1 aromatic carbocycles. The van der Waals surface area contributed by atoms with Crippen LogP contribution in [0.15, 0.2) is 34.9 Å². The van der Waals surface area contributed by atoms with Gasteiger partial charge in [-0.3, -0.25) is 15.2 Å². The minimum atomic E-state index is -0.428. The summed E-state index contributed by atoms with van der Waals surface area (Å²) in [4.78, 5) is 16.8. The molecule has 0 unspecified atom stereocenters. The number of carbonyl (C=O) groups is 1. The Hall–Kier alpha value is -2.99. The van der Waals surface area contributed by atoms with Gasteiger partial charge >= 0.3 is 0 Å². The molecule has 3 aromatic rings. The van der Waals surface area contributed by atoms with Crippen LogP contribution in [-0.4, -0.2) is 16.0 Å². The summed E-state index contributed by atoms with van der Waals surface area (Å²) in [6.07, 6.45) is 1.54. The van der Waals surface area contributed by atoms with Crippen LogP contribution in [0.25, 0.3) is 11.0 Å². The zero-order chi connectivity index (χ0) is 18.1. The van der Waals surface area contributed by atoms with Crippen molar-refractivity contribution in [1.29, 1.82) is 5.41 Å². The van der Waals surface area contributed by atoms with Gasteiger partial charge in [0, 0.05) is 22.8 Å². The Kier molecular flexibility index (Phi) is 4.37. The maximum absolute atomic E-state index is 12.7. The molecule has 3 rings (SSSR count). The highest BCUT2D eigenvalue weighted by Gasteiger charge is 2.16. The molecule has 0 radical (unpaired) electrons. The lowest BCUT2D eigenvalue weighted by molar-refractivity contribution is 0.102. The van der Waals surface area contributed by atoms with Crippen LogP contribution in [0.1, 0.15) is 32.7 Å². The molecule has 0 saturated heterocycles. The van der Waals surface area contributed by atoms with Crippen LogP contribution in [0.5, 0.6) is 0 Å². The maximum Gasteiger partial charge on any atom is 0.261 e. The first-order chi connectivity index (χ1) is 11.9. The summed E-state index contributed by atoms with van der Waals surface area (Å²) in [5, 5.41) is 21.0. The number of amides is 1. The molecule has 2 heterocycles. The highest BCUT2D eigenvalue weighted by molar-refractivity contribution is 6.06. The van der Waals surface area contributed by atoms with Crippen LogP contribution in [0.4, 0.5) is 5.69 Å². The van der Waals surface area contributed by atoms with E-state index < -0.39 is 5.91 Å². The van der Waals surface area contributed by atoms with E-state index in [9.17, 15) is 9.90 Å². The fourth-order valence-electron chi connectivity index (χ4n) is 2.65. The van der Waals surface area contributed by atoms with Gasteiger partial charge in [0.25, 0.3) is 5.91 Å². The van der Waals surface area contributed by atoms with E-state index in [2.05, 4.69) is 10.3 Å². The van der Waals surface area contributed by atoms with Crippen molar-refractivity contribution in [3.8, 4) is 0 Å². The minimum absolute atomic E-state index is 0.105. The van der Waals surface area contributed by atoms with Crippen molar-refractivity contribution in [2.24, 2.45) is 0 Å². The predicted octanol–water partition coefficient (Wildman–Crippen LogP) is 2.98. The predicted molar refractivity (Wildman–Crippen MR) is 94.4 cm³/mol. The minimum Gasteiger partial charge on any atom is -0.436 e. The molecule has 0 aliphatic heterocycles. The van der Waals surface area contributed by atoms with E-state index in [4.69, 9.17) is 9.83 Å². The van der Waals surface area contributed by atoms with Crippen LogP contribution in [0, 0.1) is 26.2 Å². The van der Waals surface area contributed by atoms with Crippen LogP contribution in [-0.2, 0) is 6.61 Å². The van der Waals surface area contributed by atoms with E-state index in [0.717, 1.165) is 11.1 Å². The lowest BCUT2D eigenvalue weighted by Crippen LogP contribution is -2.21. The molecule has 0 bridgehead atoms. The molecular formula is C19H19N3O3. The third kappa shape index (κ3) is 3.16. The Morgan fingerprint density at radius 1 is 1.28 bits per heavy atom. The van der Waals surface area contributed by atoms with Gasteiger partial charge in [0.1, 0.15) is 5.56 Å². The van der Waals surface area contributed by atoms with Crippen molar-refractivity contribution in [3.63, 3.8) is 0 Å².